The number of carbonyl (C=O) groups excluding carboxylic acids is 3. The van der Waals surface area contributed by atoms with Crippen molar-refractivity contribution in [2.45, 2.75) is 65.6 Å². The minimum absolute atomic E-state index is 0.144. The molecule has 0 saturated heterocycles. The molecule has 9 nitrogen and oxygen atoms in total. The summed E-state index contributed by atoms with van der Waals surface area (Å²) in [6, 6.07) is 9.06. The van der Waals surface area contributed by atoms with Gasteiger partial charge >= 0.3 is 0 Å². The van der Waals surface area contributed by atoms with Crippen LogP contribution in [0.15, 0.2) is 30.3 Å². The number of rotatable bonds is 11. The Bertz CT molecular complexity index is 1050. The van der Waals surface area contributed by atoms with E-state index in [4.69, 9.17) is 4.74 Å². The van der Waals surface area contributed by atoms with Crippen molar-refractivity contribution in [2.75, 3.05) is 20.2 Å². The summed E-state index contributed by atoms with van der Waals surface area (Å²) < 4.78 is 7.12. The van der Waals surface area contributed by atoms with E-state index >= 15 is 0 Å². The van der Waals surface area contributed by atoms with E-state index in [1.54, 1.807) is 14.0 Å². The SMILES string of the molecule is CCCCOc1ccc(CNC(=O)c2cc3n(n2)C[C@](C)(C(=O)NCCC(C)C)N(C)C3=O)cc1. The average molecular weight is 484 g/mol. The molecule has 9 heteroatoms. The van der Waals surface area contributed by atoms with Gasteiger partial charge in [-0.05, 0) is 43.4 Å². The van der Waals surface area contributed by atoms with Crippen LogP contribution in [0.4, 0.5) is 0 Å². The van der Waals surface area contributed by atoms with E-state index in [1.165, 1.54) is 15.6 Å². The zero-order valence-corrected chi connectivity index (χ0v) is 21.4. The number of hydrogen-bond donors (Lipinski definition) is 2. The lowest BCUT2D eigenvalue weighted by atomic mass is 9.95. The predicted molar refractivity (Wildman–Crippen MR) is 133 cm³/mol. The Hall–Kier alpha value is -3.36. The molecule has 2 N–H and O–H groups in total. The minimum atomic E-state index is -1.10. The van der Waals surface area contributed by atoms with Crippen LogP contribution in [0.5, 0.6) is 5.75 Å². The first-order valence-corrected chi connectivity index (χ1v) is 12.3. The molecule has 3 rings (SSSR count). The highest BCUT2D eigenvalue weighted by Gasteiger charge is 2.46. The molecule has 0 fully saturated rings. The van der Waals surface area contributed by atoms with Crippen LogP contribution < -0.4 is 15.4 Å². The molecular formula is C26H37N5O4. The fourth-order valence-corrected chi connectivity index (χ4v) is 3.81. The molecule has 0 spiro atoms. The number of carbonyl (C=O) groups is 3. The normalized spacial score (nSPS) is 17.3. The van der Waals surface area contributed by atoms with Gasteiger partial charge in [0.2, 0.25) is 5.91 Å². The smallest absolute Gasteiger partial charge is 0.272 e. The average Bonchev–Trinajstić information content (AvgIpc) is 3.25. The molecule has 2 aromatic rings. The van der Waals surface area contributed by atoms with E-state index in [0.717, 1.165) is 30.6 Å². The fourth-order valence-electron chi connectivity index (χ4n) is 3.81. The van der Waals surface area contributed by atoms with Crippen LogP contribution in [-0.2, 0) is 17.9 Å². The Morgan fingerprint density at radius 3 is 2.57 bits per heavy atom. The number of benzene rings is 1. The van der Waals surface area contributed by atoms with Crippen molar-refractivity contribution in [3.05, 3.63) is 47.3 Å². The Labute approximate surface area is 207 Å². The molecule has 0 radical (unpaired) electrons. The molecule has 1 aliphatic heterocycles. The first-order chi connectivity index (χ1) is 16.7. The molecule has 1 aromatic carbocycles. The van der Waals surface area contributed by atoms with Gasteiger partial charge < -0.3 is 20.3 Å². The highest BCUT2D eigenvalue weighted by Crippen LogP contribution is 2.26. The van der Waals surface area contributed by atoms with Gasteiger partial charge in [-0.1, -0.05) is 39.3 Å². The Morgan fingerprint density at radius 1 is 1.20 bits per heavy atom. The van der Waals surface area contributed by atoms with Gasteiger partial charge in [0, 0.05) is 26.2 Å². The number of nitrogens with zero attached hydrogens (tertiary/aromatic N) is 3. The quantitative estimate of drug-likeness (QED) is 0.478. The van der Waals surface area contributed by atoms with Crippen molar-refractivity contribution in [2.24, 2.45) is 5.92 Å². The third-order valence-electron chi connectivity index (χ3n) is 6.37. The van der Waals surface area contributed by atoms with Crippen LogP contribution in [0, 0.1) is 5.92 Å². The lowest BCUT2D eigenvalue weighted by Crippen LogP contribution is -2.62. The van der Waals surface area contributed by atoms with Crippen LogP contribution >= 0.6 is 0 Å². The molecular weight excluding hydrogens is 446 g/mol. The molecule has 1 atom stereocenters. The molecule has 2 heterocycles. The standard InChI is InChI=1S/C26H37N5O4/c1-6-7-14-35-20-10-8-19(9-11-20)16-28-23(32)21-15-22-24(33)30(5)26(4,17-31(22)29-21)25(34)27-13-12-18(2)3/h8-11,15,18H,6-7,12-14,16-17H2,1-5H3,(H,27,34)(H,28,32)/t26-/m1/s1. The van der Waals surface area contributed by atoms with Crippen molar-refractivity contribution in [3.8, 4) is 5.75 Å². The van der Waals surface area contributed by atoms with Gasteiger partial charge in [0.25, 0.3) is 11.8 Å². The van der Waals surface area contributed by atoms with Gasteiger partial charge in [-0.15, -0.1) is 0 Å². The summed E-state index contributed by atoms with van der Waals surface area (Å²) in [5.41, 5.74) is 0.262. The Balaban J connectivity index is 1.63. The maximum Gasteiger partial charge on any atom is 0.272 e. The molecule has 0 aliphatic carbocycles. The topological polar surface area (TPSA) is 106 Å². The number of hydrogen-bond acceptors (Lipinski definition) is 5. The molecule has 190 valence electrons. The van der Waals surface area contributed by atoms with Gasteiger partial charge in [-0.25, -0.2) is 0 Å². The van der Waals surface area contributed by atoms with E-state index in [1.807, 2.05) is 24.3 Å². The molecule has 1 aromatic heterocycles. The van der Waals surface area contributed by atoms with E-state index in [2.05, 4.69) is 36.5 Å². The summed E-state index contributed by atoms with van der Waals surface area (Å²) in [6.07, 6.45) is 2.94. The molecule has 0 bridgehead atoms. The van der Waals surface area contributed by atoms with E-state index < -0.39 is 5.54 Å². The van der Waals surface area contributed by atoms with E-state index in [-0.39, 0.29) is 30.0 Å². The first-order valence-electron chi connectivity index (χ1n) is 12.3. The van der Waals surface area contributed by atoms with E-state index in [0.29, 0.717) is 31.3 Å². The zero-order valence-electron chi connectivity index (χ0n) is 21.4. The summed E-state index contributed by atoms with van der Waals surface area (Å²) >= 11 is 0. The second-order valence-electron chi connectivity index (χ2n) is 9.68. The lowest BCUT2D eigenvalue weighted by molar-refractivity contribution is -0.132. The van der Waals surface area contributed by atoms with Crippen LogP contribution in [0.2, 0.25) is 0 Å². The number of unbranched alkanes of at least 4 members (excludes halogenated alkanes) is 1. The van der Waals surface area contributed by atoms with Crippen LogP contribution in [0.3, 0.4) is 0 Å². The van der Waals surface area contributed by atoms with Gasteiger partial charge in [0.15, 0.2) is 5.69 Å². The number of nitrogens with one attached hydrogen (secondary N) is 2. The summed E-state index contributed by atoms with van der Waals surface area (Å²) in [7, 11) is 1.61. The van der Waals surface area contributed by atoms with Crippen molar-refractivity contribution in [1.29, 1.82) is 0 Å². The summed E-state index contributed by atoms with van der Waals surface area (Å²) in [6.45, 7) is 9.73. The highest BCUT2D eigenvalue weighted by molar-refractivity contribution is 6.01. The van der Waals surface area contributed by atoms with Crippen molar-refractivity contribution < 1.29 is 19.1 Å². The van der Waals surface area contributed by atoms with Gasteiger partial charge in [-0.2, -0.15) is 5.10 Å². The predicted octanol–water partition coefficient (Wildman–Crippen LogP) is 3.00. The van der Waals surface area contributed by atoms with Crippen molar-refractivity contribution in [3.63, 3.8) is 0 Å². The number of likely N-dealkylation sites (N-methyl/N-ethyl adjacent to an activating group) is 1. The maximum atomic E-state index is 13.0. The van der Waals surface area contributed by atoms with Crippen molar-refractivity contribution >= 4 is 17.7 Å². The second-order valence-corrected chi connectivity index (χ2v) is 9.68. The third kappa shape index (κ3) is 6.21. The molecule has 0 unspecified atom stereocenters. The molecule has 0 saturated carbocycles. The number of amides is 3. The fraction of sp³-hybridized carbons (Fsp3) is 0.538. The molecule has 3 amide bonds. The molecule has 1 aliphatic rings. The molecule has 35 heavy (non-hydrogen) atoms. The second kappa shape index (κ2) is 11.4. The largest absolute Gasteiger partial charge is 0.494 e. The van der Waals surface area contributed by atoms with Gasteiger partial charge in [0.1, 0.15) is 17.0 Å². The lowest BCUT2D eigenvalue weighted by Gasteiger charge is -2.40. The van der Waals surface area contributed by atoms with Crippen LogP contribution in [0.25, 0.3) is 0 Å². The Morgan fingerprint density at radius 2 is 1.91 bits per heavy atom. The van der Waals surface area contributed by atoms with Crippen molar-refractivity contribution in [1.82, 2.24) is 25.3 Å². The highest BCUT2D eigenvalue weighted by atomic mass is 16.5. The Kier molecular flexibility index (Phi) is 8.53. The van der Waals surface area contributed by atoms with Crippen LogP contribution in [0.1, 0.15) is 73.5 Å². The summed E-state index contributed by atoms with van der Waals surface area (Å²) in [5, 5.41) is 10.1. The van der Waals surface area contributed by atoms with Gasteiger partial charge in [-0.3, -0.25) is 19.1 Å². The monoisotopic (exact) mass is 483 g/mol. The number of fused-ring (bicyclic) bond motifs is 1. The minimum Gasteiger partial charge on any atom is -0.494 e. The van der Waals surface area contributed by atoms with Crippen LogP contribution in [-0.4, -0.2) is 58.1 Å². The number of ether oxygens (including phenoxy) is 1. The zero-order chi connectivity index (χ0) is 25.6. The first kappa shape index (κ1) is 26.2. The summed E-state index contributed by atoms with van der Waals surface area (Å²) in [4.78, 5) is 40.1. The van der Waals surface area contributed by atoms with E-state index in [9.17, 15) is 14.4 Å². The maximum absolute atomic E-state index is 13.0. The summed E-state index contributed by atoms with van der Waals surface area (Å²) in [5.74, 6) is 0.305. The number of aromatic nitrogens is 2. The third-order valence-corrected chi connectivity index (χ3v) is 6.37. The van der Waals surface area contributed by atoms with Gasteiger partial charge in [0.05, 0.1) is 13.2 Å².